The molecule has 1 unspecified atom stereocenters. The first-order valence-electron chi connectivity index (χ1n) is 12.7. The smallest absolute Gasteiger partial charge is 0.349 e. The number of aryl methyl sites for hydroxylation is 1. The normalized spacial score (nSPS) is 12.0. The molecule has 0 saturated carbocycles. The number of benzene rings is 3. The summed E-state index contributed by atoms with van der Waals surface area (Å²) in [5.41, 5.74) is 3.51. The van der Waals surface area contributed by atoms with Crippen molar-refractivity contribution in [3.63, 3.8) is 0 Å². The zero-order valence-corrected chi connectivity index (χ0v) is 21.5. The van der Waals surface area contributed by atoms with Gasteiger partial charge < -0.3 is 19.5 Å². The number of hydrogen-bond acceptors (Lipinski definition) is 4. The number of para-hydroxylation sites is 1. The van der Waals surface area contributed by atoms with Crippen LogP contribution >= 0.6 is 0 Å². The van der Waals surface area contributed by atoms with Gasteiger partial charge >= 0.3 is 11.9 Å². The molecule has 1 aromatic heterocycles. The van der Waals surface area contributed by atoms with E-state index < -0.39 is 18.0 Å². The van der Waals surface area contributed by atoms with Crippen molar-refractivity contribution in [3.05, 3.63) is 101 Å². The molecule has 0 bridgehead atoms. The summed E-state index contributed by atoms with van der Waals surface area (Å²) in [7, 11) is 0. The van der Waals surface area contributed by atoms with Crippen LogP contribution in [0.5, 0.6) is 5.75 Å². The summed E-state index contributed by atoms with van der Waals surface area (Å²) in [4.78, 5) is 36.2. The van der Waals surface area contributed by atoms with Gasteiger partial charge in [-0.25, -0.2) is 4.79 Å². The third kappa shape index (κ3) is 6.29. The molecule has 4 rings (SSSR count). The summed E-state index contributed by atoms with van der Waals surface area (Å²) in [6.45, 7) is 4.75. The van der Waals surface area contributed by atoms with E-state index in [4.69, 9.17) is 9.84 Å². The quantitative estimate of drug-likeness (QED) is 0.220. The van der Waals surface area contributed by atoms with E-state index in [0.717, 1.165) is 22.9 Å². The second-order valence-electron chi connectivity index (χ2n) is 9.78. The van der Waals surface area contributed by atoms with E-state index in [0.29, 0.717) is 41.3 Å². The zero-order chi connectivity index (χ0) is 27.2. The molecule has 0 aliphatic rings. The van der Waals surface area contributed by atoms with E-state index in [-0.39, 0.29) is 12.2 Å². The second kappa shape index (κ2) is 11.8. The number of fused-ring (bicyclic) bond motifs is 1. The molecule has 0 amide bonds. The molecule has 0 radical (unpaired) electrons. The van der Waals surface area contributed by atoms with Crippen molar-refractivity contribution >= 4 is 28.6 Å². The van der Waals surface area contributed by atoms with E-state index in [1.807, 2.05) is 41.0 Å². The lowest BCUT2D eigenvalue weighted by Gasteiger charge is -2.16. The molecular weight excluding hydrogens is 482 g/mol. The van der Waals surface area contributed by atoms with Crippen molar-refractivity contribution in [2.45, 2.75) is 45.8 Å². The van der Waals surface area contributed by atoms with Crippen LogP contribution in [0.15, 0.2) is 79.0 Å². The molecule has 0 spiro atoms. The van der Waals surface area contributed by atoms with E-state index in [9.17, 15) is 19.5 Å². The Bertz CT molecular complexity index is 1430. The average molecular weight is 514 g/mol. The molecule has 7 nitrogen and oxygen atoms in total. The summed E-state index contributed by atoms with van der Waals surface area (Å²) in [5, 5.41) is 19.5. The van der Waals surface area contributed by atoms with E-state index in [1.165, 1.54) is 0 Å². The maximum Gasteiger partial charge on any atom is 0.349 e. The highest BCUT2D eigenvalue weighted by Gasteiger charge is 2.23. The van der Waals surface area contributed by atoms with Crippen molar-refractivity contribution in [2.75, 3.05) is 0 Å². The highest BCUT2D eigenvalue weighted by molar-refractivity contribution is 6.16. The molecule has 0 aliphatic heterocycles. The summed E-state index contributed by atoms with van der Waals surface area (Å²) in [6.07, 6.45) is 2.02. The molecule has 4 aromatic rings. The van der Waals surface area contributed by atoms with Gasteiger partial charge in [0.15, 0.2) is 5.78 Å². The van der Waals surface area contributed by atoms with Crippen LogP contribution in [0.25, 0.3) is 10.9 Å². The number of aromatic nitrogens is 1. The fourth-order valence-electron chi connectivity index (χ4n) is 4.55. The number of carboxylic acid groups (broad SMARTS) is 2. The van der Waals surface area contributed by atoms with Gasteiger partial charge in [0.25, 0.3) is 0 Å². The molecule has 1 atom stereocenters. The van der Waals surface area contributed by atoms with Crippen molar-refractivity contribution in [1.82, 2.24) is 4.57 Å². The van der Waals surface area contributed by atoms with E-state index in [2.05, 4.69) is 13.8 Å². The van der Waals surface area contributed by atoms with Crippen LogP contribution in [-0.2, 0) is 22.6 Å². The number of rotatable bonds is 12. The number of carbonyl (C=O) groups is 3. The first-order valence-corrected chi connectivity index (χ1v) is 12.7. The van der Waals surface area contributed by atoms with Gasteiger partial charge in [-0.05, 0) is 54.7 Å². The van der Waals surface area contributed by atoms with Gasteiger partial charge in [0.2, 0.25) is 6.10 Å². The second-order valence-corrected chi connectivity index (χ2v) is 9.78. The standard InChI is InChI=1S/C31H31NO6/c1-20(2)18-21-9-11-23(12-10-21)30(31(36)37)38-24-15-13-22(14-16-24)29(35)26-19-32(17-5-8-28(33)34)27-7-4-3-6-25(26)27/h3-4,6-7,9-16,19-20,30H,5,8,17-18H2,1-2H3,(H,33,34)(H,36,37). The minimum Gasteiger partial charge on any atom is -0.481 e. The van der Waals surface area contributed by atoms with Gasteiger partial charge in [-0.1, -0.05) is 56.3 Å². The Morgan fingerprint density at radius 3 is 2.21 bits per heavy atom. The Balaban J connectivity index is 1.52. The predicted octanol–water partition coefficient (Wildman–Crippen LogP) is 6.14. The third-order valence-corrected chi connectivity index (χ3v) is 6.34. The molecule has 0 saturated heterocycles. The monoisotopic (exact) mass is 513 g/mol. The molecule has 3 aromatic carbocycles. The molecule has 0 aliphatic carbocycles. The van der Waals surface area contributed by atoms with Crippen LogP contribution < -0.4 is 4.74 Å². The van der Waals surface area contributed by atoms with Crippen molar-refractivity contribution in [3.8, 4) is 5.75 Å². The van der Waals surface area contributed by atoms with Gasteiger partial charge in [-0.15, -0.1) is 0 Å². The molecule has 38 heavy (non-hydrogen) atoms. The zero-order valence-electron chi connectivity index (χ0n) is 21.5. The van der Waals surface area contributed by atoms with Gasteiger partial charge in [0.05, 0.1) is 0 Å². The molecule has 1 heterocycles. The van der Waals surface area contributed by atoms with Crippen LogP contribution in [0.4, 0.5) is 0 Å². The number of aliphatic carboxylic acids is 2. The topological polar surface area (TPSA) is 106 Å². The first-order chi connectivity index (χ1) is 18.2. The molecule has 7 heteroatoms. The Morgan fingerprint density at radius 2 is 1.58 bits per heavy atom. The van der Waals surface area contributed by atoms with Gasteiger partial charge in [0.1, 0.15) is 5.75 Å². The van der Waals surface area contributed by atoms with E-state index in [1.54, 1.807) is 42.6 Å². The highest BCUT2D eigenvalue weighted by atomic mass is 16.5. The maximum atomic E-state index is 13.4. The lowest BCUT2D eigenvalue weighted by atomic mass is 10.00. The van der Waals surface area contributed by atoms with Gasteiger partial charge in [-0.3, -0.25) is 9.59 Å². The minimum atomic E-state index is -1.17. The Morgan fingerprint density at radius 1 is 0.895 bits per heavy atom. The summed E-state index contributed by atoms with van der Waals surface area (Å²) >= 11 is 0. The predicted molar refractivity (Wildman–Crippen MR) is 145 cm³/mol. The van der Waals surface area contributed by atoms with Gasteiger partial charge in [0, 0.05) is 46.8 Å². The highest BCUT2D eigenvalue weighted by Crippen LogP contribution is 2.27. The molecule has 2 N–H and O–H groups in total. The number of ether oxygens (including phenoxy) is 1. The molecule has 196 valence electrons. The van der Waals surface area contributed by atoms with Crippen LogP contribution in [0.1, 0.15) is 59.8 Å². The molecule has 0 fully saturated rings. The van der Waals surface area contributed by atoms with Crippen LogP contribution in [0.3, 0.4) is 0 Å². The third-order valence-electron chi connectivity index (χ3n) is 6.34. The lowest BCUT2D eigenvalue weighted by Crippen LogP contribution is -2.18. The Labute approximate surface area is 221 Å². The molecular formula is C31H31NO6. The number of ketones is 1. The van der Waals surface area contributed by atoms with Gasteiger partial charge in [-0.2, -0.15) is 0 Å². The minimum absolute atomic E-state index is 0.0523. The fraction of sp³-hybridized carbons (Fsp3) is 0.258. The Kier molecular flexibility index (Phi) is 8.26. The lowest BCUT2D eigenvalue weighted by molar-refractivity contribution is -0.145. The number of carbonyl (C=O) groups excluding carboxylic acids is 1. The fourth-order valence-corrected chi connectivity index (χ4v) is 4.55. The Hall–Kier alpha value is -4.39. The summed E-state index contributed by atoms with van der Waals surface area (Å²) < 4.78 is 7.71. The number of nitrogens with zero attached hydrogens (tertiary/aromatic N) is 1. The van der Waals surface area contributed by atoms with E-state index >= 15 is 0 Å². The number of carboxylic acids is 2. The van der Waals surface area contributed by atoms with Crippen LogP contribution in [0, 0.1) is 5.92 Å². The maximum absolute atomic E-state index is 13.4. The summed E-state index contributed by atoms with van der Waals surface area (Å²) in [6, 6.07) is 21.4. The van der Waals surface area contributed by atoms with Crippen molar-refractivity contribution in [1.29, 1.82) is 0 Å². The largest absolute Gasteiger partial charge is 0.481 e. The van der Waals surface area contributed by atoms with Crippen molar-refractivity contribution in [2.24, 2.45) is 5.92 Å². The van der Waals surface area contributed by atoms with Crippen LogP contribution in [-0.4, -0.2) is 32.5 Å². The SMILES string of the molecule is CC(C)Cc1ccc(C(Oc2ccc(C(=O)c3cn(CCCC(=O)O)c4ccccc34)cc2)C(=O)O)cc1. The van der Waals surface area contributed by atoms with Crippen LogP contribution in [0.2, 0.25) is 0 Å². The average Bonchev–Trinajstić information content (AvgIpc) is 3.26. The van der Waals surface area contributed by atoms with Crippen molar-refractivity contribution < 1.29 is 29.3 Å². The first kappa shape index (κ1) is 26.7. The summed E-state index contributed by atoms with van der Waals surface area (Å²) in [5.74, 6) is -1.29. The number of hydrogen-bond donors (Lipinski definition) is 2.